The van der Waals surface area contributed by atoms with E-state index in [4.69, 9.17) is 9.47 Å². The number of amides is 1. The van der Waals surface area contributed by atoms with Gasteiger partial charge in [-0.15, -0.1) is 0 Å². The Kier molecular flexibility index (Phi) is 6.10. The van der Waals surface area contributed by atoms with E-state index >= 15 is 0 Å². The highest BCUT2D eigenvalue weighted by Crippen LogP contribution is 2.45. The molecule has 1 atom stereocenters. The topological polar surface area (TPSA) is 88.6 Å². The predicted octanol–water partition coefficient (Wildman–Crippen LogP) is 5.11. The van der Waals surface area contributed by atoms with Crippen LogP contribution in [0.4, 0.5) is 16.4 Å². The zero-order valence-corrected chi connectivity index (χ0v) is 20.4. The molecule has 1 amide bonds. The van der Waals surface area contributed by atoms with Gasteiger partial charge in [0.15, 0.2) is 0 Å². The lowest BCUT2D eigenvalue weighted by Crippen LogP contribution is -2.43. The molecule has 2 aliphatic heterocycles. The van der Waals surface area contributed by atoms with Crippen molar-refractivity contribution in [2.24, 2.45) is 0 Å². The number of fused-ring (bicyclic) bond motifs is 2. The molecule has 3 aromatic rings. The number of benzene rings is 2. The standard InChI is InChI=1S/C25H24BrN5O3/c1-27-24-29-12-15(13-30-24)23-21-14-28-22-8-3-16(26)11-20(22)19(21)9-10-31(23)25(32)34-18-6-4-17(33-2)5-7-18/h3-8,11-13,23,28H,9-10,14H2,1-2H3,(H,27,29,30). The zero-order valence-electron chi connectivity index (χ0n) is 18.8. The molecule has 1 unspecified atom stereocenters. The van der Waals surface area contributed by atoms with Crippen molar-refractivity contribution in [2.45, 2.75) is 12.5 Å². The van der Waals surface area contributed by atoms with Gasteiger partial charge in [-0.1, -0.05) is 15.9 Å². The molecule has 0 aliphatic carbocycles. The second-order valence-electron chi connectivity index (χ2n) is 8.03. The molecule has 0 saturated carbocycles. The molecule has 9 heteroatoms. The Morgan fingerprint density at radius 3 is 2.59 bits per heavy atom. The molecule has 3 heterocycles. The third-order valence-electron chi connectivity index (χ3n) is 6.12. The van der Waals surface area contributed by atoms with Crippen LogP contribution in [-0.4, -0.2) is 48.2 Å². The highest BCUT2D eigenvalue weighted by Gasteiger charge is 2.37. The summed E-state index contributed by atoms with van der Waals surface area (Å²) < 4.78 is 12.0. The molecule has 2 aromatic carbocycles. The Morgan fingerprint density at radius 2 is 1.88 bits per heavy atom. The van der Waals surface area contributed by atoms with E-state index in [1.165, 1.54) is 5.57 Å². The molecule has 0 radical (unpaired) electrons. The second kappa shape index (κ2) is 9.34. The lowest BCUT2D eigenvalue weighted by molar-refractivity contribution is 0.136. The number of rotatable bonds is 4. The third kappa shape index (κ3) is 4.19. The molecular formula is C25H24BrN5O3. The van der Waals surface area contributed by atoms with Gasteiger partial charge in [0, 0.05) is 53.8 Å². The monoisotopic (exact) mass is 521 g/mol. The average Bonchev–Trinajstić information content (AvgIpc) is 2.88. The maximum atomic E-state index is 13.4. The second-order valence-corrected chi connectivity index (χ2v) is 8.94. The molecule has 0 fully saturated rings. The van der Waals surface area contributed by atoms with Crippen molar-refractivity contribution in [3.05, 3.63) is 76.0 Å². The first-order chi connectivity index (χ1) is 16.6. The smallest absolute Gasteiger partial charge is 0.416 e. The minimum atomic E-state index is -0.417. The maximum absolute atomic E-state index is 13.4. The van der Waals surface area contributed by atoms with Gasteiger partial charge >= 0.3 is 6.09 Å². The van der Waals surface area contributed by atoms with E-state index in [-0.39, 0.29) is 6.04 Å². The fraction of sp³-hybridized carbons (Fsp3) is 0.240. The number of hydrogen-bond acceptors (Lipinski definition) is 7. The fourth-order valence-electron chi connectivity index (χ4n) is 4.49. The van der Waals surface area contributed by atoms with Crippen LogP contribution < -0.4 is 20.1 Å². The molecule has 8 nitrogen and oxygen atoms in total. The number of ether oxygens (including phenoxy) is 2. The van der Waals surface area contributed by atoms with E-state index in [9.17, 15) is 4.79 Å². The summed E-state index contributed by atoms with van der Waals surface area (Å²) in [5, 5.41) is 6.45. The summed E-state index contributed by atoms with van der Waals surface area (Å²) in [6.07, 6.45) is 3.84. The molecule has 0 saturated heterocycles. The number of carbonyl (C=O) groups is 1. The number of nitrogens with zero attached hydrogens (tertiary/aromatic N) is 3. The normalized spacial score (nSPS) is 16.8. The van der Waals surface area contributed by atoms with Gasteiger partial charge < -0.3 is 20.1 Å². The van der Waals surface area contributed by atoms with Crippen molar-refractivity contribution < 1.29 is 14.3 Å². The number of aromatic nitrogens is 2. The Morgan fingerprint density at radius 1 is 1.15 bits per heavy atom. The summed E-state index contributed by atoms with van der Waals surface area (Å²) >= 11 is 3.59. The number of methoxy groups -OCH3 is 1. The molecule has 2 N–H and O–H groups in total. The summed E-state index contributed by atoms with van der Waals surface area (Å²) in [4.78, 5) is 23.9. The van der Waals surface area contributed by atoms with Crippen molar-refractivity contribution in [1.82, 2.24) is 14.9 Å². The first-order valence-electron chi connectivity index (χ1n) is 11.0. The number of hydrogen-bond donors (Lipinski definition) is 2. The summed E-state index contributed by atoms with van der Waals surface area (Å²) in [5.74, 6) is 1.68. The molecule has 174 valence electrons. The molecule has 34 heavy (non-hydrogen) atoms. The Balaban J connectivity index is 1.53. The Bertz CT molecular complexity index is 1240. The highest BCUT2D eigenvalue weighted by atomic mass is 79.9. The molecule has 0 spiro atoms. The minimum Gasteiger partial charge on any atom is -0.497 e. The molecule has 5 rings (SSSR count). The largest absolute Gasteiger partial charge is 0.497 e. The summed E-state index contributed by atoms with van der Waals surface area (Å²) in [5.41, 5.74) is 5.43. The van der Waals surface area contributed by atoms with Gasteiger partial charge in [-0.05, 0) is 60.0 Å². The minimum absolute atomic E-state index is 0.347. The number of carbonyl (C=O) groups excluding carboxylic acids is 1. The van der Waals surface area contributed by atoms with Crippen LogP contribution >= 0.6 is 15.9 Å². The highest BCUT2D eigenvalue weighted by molar-refractivity contribution is 9.10. The number of halogens is 1. The van der Waals surface area contributed by atoms with Crippen LogP contribution in [-0.2, 0) is 0 Å². The van der Waals surface area contributed by atoms with Crippen molar-refractivity contribution >= 4 is 39.2 Å². The quantitative estimate of drug-likeness (QED) is 0.492. The van der Waals surface area contributed by atoms with Crippen molar-refractivity contribution in [3.63, 3.8) is 0 Å². The predicted molar refractivity (Wildman–Crippen MR) is 134 cm³/mol. The van der Waals surface area contributed by atoms with Gasteiger partial charge in [0.1, 0.15) is 11.5 Å². The Hall–Kier alpha value is -3.59. The van der Waals surface area contributed by atoms with Gasteiger partial charge in [-0.3, -0.25) is 4.90 Å². The van der Waals surface area contributed by atoms with Gasteiger partial charge in [0.25, 0.3) is 0 Å². The SMILES string of the molecule is CNc1ncc(C2C3=C(CCN2C(=O)Oc2ccc(OC)cc2)c2cc(Br)ccc2NC3)cn1. The van der Waals surface area contributed by atoms with Crippen LogP contribution in [0.1, 0.15) is 23.6 Å². The van der Waals surface area contributed by atoms with Gasteiger partial charge in [0.2, 0.25) is 5.95 Å². The van der Waals surface area contributed by atoms with Crippen LogP contribution in [0.5, 0.6) is 11.5 Å². The van der Waals surface area contributed by atoms with Crippen LogP contribution in [0.15, 0.2) is 64.9 Å². The molecule has 1 aromatic heterocycles. The lowest BCUT2D eigenvalue weighted by Gasteiger charge is -2.40. The molecule has 2 aliphatic rings. The van der Waals surface area contributed by atoms with Crippen LogP contribution in [0.25, 0.3) is 5.57 Å². The summed E-state index contributed by atoms with van der Waals surface area (Å²) in [7, 11) is 3.37. The lowest BCUT2D eigenvalue weighted by atomic mass is 9.83. The number of anilines is 2. The van der Waals surface area contributed by atoms with Crippen LogP contribution in [0, 0.1) is 0 Å². The number of nitrogens with one attached hydrogen (secondary N) is 2. The maximum Gasteiger partial charge on any atom is 0.416 e. The van der Waals surface area contributed by atoms with Crippen molar-refractivity contribution in [2.75, 3.05) is 37.9 Å². The van der Waals surface area contributed by atoms with Crippen LogP contribution in [0.3, 0.4) is 0 Å². The van der Waals surface area contributed by atoms with Gasteiger partial charge in [0.05, 0.1) is 13.2 Å². The molecular weight excluding hydrogens is 498 g/mol. The van der Waals surface area contributed by atoms with E-state index in [0.717, 1.165) is 33.3 Å². The zero-order chi connectivity index (χ0) is 23.7. The van der Waals surface area contributed by atoms with E-state index < -0.39 is 6.09 Å². The van der Waals surface area contributed by atoms with E-state index in [1.807, 2.05) is 6.07 Å². The summed E-state index contributed by atoms with van der Waals surface area (Å²) in [6.45, 7) is 1.13. The Labute approximate surface area is 206 Å². The van der Waals surface area contributed by atoms with Gasteiger partial charge in [-0.2, -0.15) is 0 Å². The first-order valence-corrected chi connectivity index (χ1v) is 11.7. The van der Waals surface area contributed by atoms with Crippen molar-refractivity contribution in [3.8, 4) is 11.5 Å². The van der Waals surface area contributed by atoms with E-state index in [0.29, 0.717) is 30.5 Å². The summed E-state index contributed by atoms with van der Waals surface area (Å²) in [6, 6.07) is 12.9. The van der Waals surface area contributed by atoms with Crippen molar-refractivity contribution in [1.29, 1.82) is 0 Å². The van der Waals surface area contributed by atoms with Gasteiger partial charge in [-0.25, -0.2) is 14.8 Å². The first kappa shape index (κ1) is 22.2. The van der Waals surface area contributed by atoms with E-state index in [1.54, 1.807) is 55.7 Å². The fourth-order valence-corrected chi connectivity index (χ4v) is 4.85. The molecule has 0 bridgehead atoms. The van der Waals surface area contributed by atoms with Crippen LogP contribution in [0.2, 0.25) is 0 Å². The van der Waals surface area contributed by atoms with E-state index in [2.05, 4.69) is 48.7 Å². The average molecular weight is 522 g/mol. The third-order valence-corrected chi connectivity index (χ3v) is 6.61.